The first kappa shape index (κ1) is 20.2. The Balaban J connectivity index is 1.13. The summed E-state index contributed by atoms with van der Waals surface area (Å²) in [5.74, 6) is 1.06. The van der Waals surface area contributed by atoms with Crippen LogP contribution < -0.4 is 10.2 Å². The molecule has 6 nitrogen and oxygen atoms in total. The van der Waals surface area contributed by atoms with Gasteiger partial charge in [0.25, 0.3) is 0 Å². The second-order valence-electron chi connectivity index (χ2n) is 8.62. The molecule has 0 amide bonds. The van der Waals surface area contributed by atoms with E-state index in [9.17, 15) is 0 Å². The average Bonchev–Trinajstić information content (AvgIpc) is 3.44. The lowest BCUT2D eigenvalue weighted by Crippen LogP contribution is -2.44. The number of likely N-dealkylation sites (N-methyl/N-ethyl adjacent to an activating group) is 1. The van der Waals surface area contributed by atoms with Crippen LogP contribution in [0.5, 0.6) is 0 Å². The summed E-state index contributed by atoms with van der Waals surface area (Å²) < 4.78 is 2.50. The van der Waals surface area contributed by atoms with E-state index in [1.807, 2.05) is 6.20 Å². The van der Waals surface area contributed by atoms with Gasteiger partial charge in [-0.25, -0.2) is 4.98 Å². The minimum atomic E-state index is 0.759. The molecular weight excluding hydrogens is 428 g/mol. The van der Waals surface area contributed by atoms with Crippen molar-refractivity contribution in [3.05, 3.63) is 72.4 Å². The molecule has 1 saturated heterocycles. The number of benzene rings is 2. The number of piperazine rings is 1. The number of H-pyrrole nitrogens is 1. The number of fused-ring (bicyclic) bond motifs is 3. The van der Waals surface area contributed by atoms with Crippen molar-refractivity contribution in [2.75, 3.05) is 43.4 Å². The SMILES string of the molecule is CN1CCN(c2ccc(NCc3ccc(-c4n[nH]c5c4sc4ccccc45)cc3)cn2)CC1. The Labute approximate surface area is 196 Å². The van der Waals surface area contributed by atoms with Crippen molar-refractivity contribution in [1.29, 1.82) is 0 Å². The molecule has 2 aromatic carbocycles. The highest BCUT2D eigenvalue weighted by Gasteiger charge is 2.15. The predicted molar refractivity (Wildman–Crippen MR) is 138 cm³/mol. The van der Waals surface area contributed by atoms with Crippen LogP contribution in [0.25, 0.3) is 31.6 Å². The van der Waals surface area contributed by atoms with E-state index >= 15 is 0 Å². The number of rotatable bonds is 5. The molecule has 7 heteroatoms. The van der Waals surface area contributed by atoms with Crippen LogP contribution in [0.15, 0.2) is 66.9 Å². The maximum Gasteiger partial charge on any atom is 0.128 e. The lowest BCUT2D eigenvalue weighted by Gasteiger charge is -2.33. The summed E-state index contributed by atoms with van der Waals surface area (Å²) in [7, 11) is 2.17. The van der Waals surface area contributed by atoms with Gasteiger partial charge in [0.1, 0.15) is 11.5 Å². The third kappa shape index (κ3) is 3.94. The van der Waals surface area contributed by atoms with Crippen molar-refractivity contribution in [1.82, 2.24) is 20.1 Å². The van der Waals surface area contributed by atoms with Gasteiger partial charge in [-0.2, -0.15) is 5.10 Å². The normalized spacial score (nSPS) is 14.9. The summed E-state index contributed by atoms with van der Waals surface area (Å²) in [6.45, 7) is 5.00. The minimum absolute atomic E-state index is 0.759. The van der Waals surface area contributed by atoms with Crippen LogP contribution in [0.1, 0.15) is 5.56 Å². The second kappa shape index (κ2) is 8.50. The first-order valence-electron chi connectivity index (χ1n) is 11.3. The highest BCUT2D eigenvalue weighted by molar-refractivity contribution is 7.26. The van der Waals surface area contributed by atoms with E-state index in [4.69, 9.17) is 0 Å². The fourth-order valence-electron chi connectivity index (χ4n) is 4.38. The zero-order valence-electron chi connectivity index (χ0n) is 18.6. The van der Waals surface area contributed by atoms with Gasteiger partial charge in [0.05, 0.1) is 22.1 Å². The number of nitrogens with one attached hydrogen (secondary N) is 2. The van der Waals surface area contributed by atoms with Crippen LogP contribution in [0.2, 0.25) is 0 Å². The molecule has 166 valence electrons. The number of hydrogen-bond acceptors (Lipinski definition) is 6. The molecule has 0 bridgehead atoms. The molecule has 6 rings (SSSR count). The molecule has 5 aromatic rings. The zero-order chi connectivity index (χ0) is 22.2. The van der Waals surface area contributed by atoms with Crippen molar-refractivity contribution >= 4 is 43.1 Å². The number of nitrogens with zero attached hydrogens (tertiary/aromatic N) is 4. The predicted octanol–water partition coefficient (Wildman–Crippen LogP) is 5.20. The van der Waals surface area contributed by atoms with Gasteiger partial charge >= 0.3 is 0 Å². The van der Waals surface area contributed by atoms with Crippen molar-refractivity contribution in [2.45, 2.75) is 6.54 Å². The van der Waals surface area contributed by atoms with Gasteiger partial charge in [0.15, 0.2) is 0 Å². The lowest BCUT2D eigenvalue weighted by atomic mass is 10.1. The second-order valence-corrected chi connectivity index (χ2v) is 9.67. The Morgan fingerprint density at radius 1 is 0.970 bits per heavy atom. The molecule has 0 aliphatic carbocycles. The maximum absolute atomic E-state index is 4.67. The van der Waals surface area contributed by atoms with E-state index in [0.29, 0.717) is 0 Å². The lowest BCUT2D eigenvalue weighted by molar-refractivity contribution is 0.312. The van der Waals surface area contributed by atoms with E-state index < -0.39 is 0 Å². The van der Waals surface area contributed by atoms with Crippen molar-refractivity contribution in [2.24, 2.45) is 0 Å². The van der Waals surface area contributed by atoms with Crippen molar-refractivity contribution in [3.63, 3.8) is 0 Å². The first-order valence-corrected chi connectivity index (χ1v) is 12.1. The Hall–Kier alpha value is -3.42. The highest BCUT2D eigenvalue weighted by atomic mass is 32.1. The van der Waals surface area contributed by atoms with Gasteiger partial charge in [-0.15, -0.1) is 11.3 Å². The summed E-state index contributed by atoms with van der Waals surface area (Å²) in [6.07, 6.45) is 1.93. The first-order chi connectivity index (χ1) is 16.2. The van der Waals surface area contributed by atoms with Crippen LogP contribution in [-0.2, 0) is 6.54 Å². The summed E-state index contributed by atoms with van der Waals surface area (Å²) in [6, 6.07) is 21.4. The van der Waals surface area contributed by atoms with Gasteiger partial charge in [0.2, 0.25) is 0 Å². The molecule has 0 unspecified atom stereocenters. The Morgan fingerprint density at radius 2 is 1.79 bits per heavy atom. The Kier molecular flexibility index (Phi) is 5.20. The van der Waals surface area contributed by atoms with E-state index in [1.54, 1.807) is 11.3 Å². The average molecular weight is 455 g/mol. The van der Waals surface area contributed by atoms with E-state index in [1.165, 1.54) is 20.3 Å². The number of aromatic nitrogens is 3. The number of anilines is 2. The quantitative estimate of drug-likeness (QED) is 0.382. The Morgan fingerprint density at radius 3 is 2.58 bits per heavy atom. The van der Waals surface area contributed by atoms with Crippen molar-refractivity contribution in [3.8, 4) is 11.3 Å². The summed E-state index contributed by atoms with van der Waals surface area (Å²) in [4.78, 5) is 9.38. The summed E-state index contributed by atoms with van der Waals surface area (Å²) in [5, 5.41) is 12.6. The number of aromatic amines is 1. The van der Waals surface area contributed by atoms with Gasteiger partial charge < -0.3 is 15.1 Å². The van der Waals surface area contributed by atoms with Gasteiger partial charge in [-0.1, -0.05) is 42.5 Å². The molecular formula is C26H26N6S. The van der Waals surface area contributed by atoms with Gasteiger partial charge in [-0.05, 0) is 30.8 Å². The highest BCUT2D eigenvalue weighted by Crippen LogP contribution is 2.38. The third-order valence-electron chi connectivity index (χ3n) is 6.39. The van der Waals surface area contributed by atoms with Crippen LogP contribution >= 0.6 is 11.3 Å². The van der Waals surface area contributed by atoms with Crippen LogP contribution in [0.4, 0.5) is 11.5 Å². The van der Waals surface area contributed by atoms with Crippen LogP contribution in [0.3, 0.4) is 0 Å². The molecule has 2 N–H and O–H groups in total. The van der Waals surface area contributed by atoms with E-state index in [0.717, 1.165) is 61.0 Å². The van der Waals surface area contributed by atoms with E-state index in [2.05, 4.69) is 98.0 Å². The molecule has 3 aromatic heterocycles. The van der Waals surface area contributed by atoms with Crippen LogP contribution in [-0.4, -0.2) is 53.3 Å². The number of thiophene rings is 1. The van der Waals surface area contributed by atoms with Crippen molar-refractivity contribution < 1.29 is 0 Å². The molecule has 0 radical (unpaired) electrons. The van der Waals surface area contributed by atoms with Gasteiger partial charge in [-0.3, -0.25) is 5.10 Å². The fourth-order valence-corrected chi connectivity index (χ4v) is 5.54. The minimum Gasteiger partial charge on any atom is -0.380 e. The smallest absolute Gasteiger partial charge is 0.128 e. The molecule has 1 aliphatic heterocycles. The fraction of sp³-hybridized carbons (Fsp3) is 0.231. The standard InChI is InChI=1S/C26H26N6S/c1-31-12-14-32(15-13-31)23-11-10-20(17-28-23)27-16-18-6-8-19(9-7-18)24-26-25(30-29-24)21-4-2-3-5-22(21)33-26/h2-11,17,27H,12-16H2,1H3,(H,29,30). The topological polar surface area (TPSA) is 60.1 Å². The molecule has 0 atom stereocenters. The van der Waals surface area contributed by atoms with E-state index in [-0.39, 0.29) is 0 Å². The summed E-state index contributed by atoms with van der Waals surface area (Å²) in [5.41, 5.74) is 5.55. The maximum atomic E-state index is 4.67. The molecule has 0 spiro atoms. The zero-order valence-corrected chi connectivity index (χ0v) is 19.4. The van der Waals surface area contributed by atoms with Crippen LogP contribution in [0, 0.1) is 0 Å². The summed E-state index contributed by atoms with van der Waals surface area (Å²) >= 11 is 1.79. The largest absolute Gasteiger partial charge is 0.380 e. The molecule has 1 fully saturated rings. The Bertz CT molecular complexity index is 1380. The van der Waals surface area contributed by atoms with Gasteiger partial charge in [0, 0.05) is 48.4 Å². The molecule has 0 saturated carbocycles. The molecule has 4 heterocycles. The number of pyridine rings is 1. The number of hydrogen-bond donors (Lipinski definition) is 2. The molecule has 33 heavy (non-hydrogen) atoms. The molecule has 1 aliphatic rings. The third-order valence-corrected chi connectivity index (χ3v) is 7.57. The monoisotopic (exact) mass is 454 g/mol.